The Kier molecular flexibility index (Phi) is 4.81. The van der Waals surface area contributed by atoms with Gasteiger partial charge in [-0.3, -0.25) is 0 Å². The van der Waals surface area contributed by atoms with Crippen LogP contribution in [0.25, 0.3) is 38.6 Å². The van der Waals surface area contributed by atoms with Crippen molar-refractivity contribution in [3.63, 3.8) is 0 Å². The van der Waals surface area contributed by atoms with Crippen LogP contribution in [-0.2, 0) is 6.42 Å². The van der Waals surface area contributed by atoms with Crippen LogP contribution >= 0.6 is 0 Å². The van der Waals surface area contributed by atoms with E-state index < -0.39 is 0 Å². The lowest BCUT2D eigenvalue weighted by atomic mass is 9.99. The molecule has 1 aromatic heterocycles. The average molecular weight is 424 g/mol. The van der Waals surface area contributed by atoms with E-state index in [-0.39, 0.29) is 0 Å². The monoisotopic (exact) mass is 423 g/mol. The first-order valence-electron chi connectivity index (χ1n) is 11.5. The lowest BCUT2D eigenvalue weighted by Crippen LogP contribution is -1.95. The molecule has 0 N–H and O–H groups in total. The van der Waals surface area contributed by atoms with Gasteiger partial charge in [0, 0.05) is 16.5 Å². The molecule has 5 aromatic carbocycles. The maximum absolute atomic E-state index is 2.37. The predicted molar refractivity (Wildman–Crippen MR) is 140 cm³/mol. The molecule has 0 saturated carbocycles. The van der Waals surface area contributed by atoms with Crippen molar-refractivity contribution < 1.29 is 0 Å². The molecule has 6 aromatic rings. The van der Waals surface area contributed by atoms with Gasteiger partial charge < -0.3 is 4.57 Å². The number of hydrogen-bond donors (Lipinski definition) is 0. The summed E-state index contributed by atoms with van der Waals surface area (Å²) in [6.07, 6.45) is 0.932. The third-order valence-corrected chi connectivity index (χ3v) is 6.52. The van der Waals surface area contributed by atoms with E-state index in [0.29, 0.717) is 0 Å². The van der Waals surface area contributed by atoms with Crippen LogP contribution in [0.2, 0.25) is 0 Å². The Labute approximate surface area is 194 Å². The SMILES string of the molecule is Cc1ccc(-c2ccc(Cc3ccc(-n4c5ccccc5c5ccccc54)cc3)cc2)cc1. The Balaban J connectivity index is 1.29. The number of nitrogens with zero attached hydrogens (tertiary/aromatic N) is 1. The number of para-hydroxylation sites is 2. The summed E-state index contributed by atoms with van der Waals surface area (Å²) in [7, 11) is 0. The second kappa shape index (κ2) is 8.11. The Morgan fingerprint density at radius 3 is 1.48 bits per heavy atom. The van der Waals surface area contributed by atoms with Crippen LogP contribution in [-0.4, -0.2) is 4.57 Å². The van der Waals surface area contributed by atoms with E-state index in [9.17, 15) is 0 Å². The standard InChI is InChI=1S/C32H25N/c1-23-10-16-26(17-11-23)27-18-12-24(13-19-27)22-25-14-20-28(21-15-25)33-31-8-4-2-6-29(31)30-7-3-5-9-32(30)33/h2-21H,22H2,1H3. The smallest absolute Gasteiger partial charge is 0.0541 e. The molecule has 158 valence electrons. The van der Waals surface area contributed by atoms with Gasteiger partial charge in [0.25, 0.3) is 0 Å². The molecule has 0 unspecified atom stereocenters. The first kappa shape index (κ1) is 19.6. The Morgan fingerprint density at radius 1 is 0.485 bits per heavy atom. The normalized spacial score (nSPS) is 11.3. The van der Waals surface area contributed by atoms with Gasteiger partial charge in [-0.15, -0.1) is 0 Å². The topological polar surface area (TPSA) is 4.93 Å². The zero-order valence-electron chi connectivity index (χ0n) is 18.7. The quantitative estimate of drug-likeness (QED) is 0.268. The molecule has 0 aliphatic heterocycles. The average Bonchev–Trinajstić information content (AvgIpc) is 3.20. The van der Waals surface area contributed by atoms with Crippen molar-refractivity contribution in [1.82, 2.24) is 4.57 Å². The lowest BCUT2D eigenvalue weighted by Gasteiger charge is -2.10. The minimum Gasteiger partial charge on any atom is -0.309 e. The van der Waals surface area contributed by atoms with Crippen LogP contribution in [0.4, 0.5) is 0 Å². The van der Waals surface area contributed by atoms with Gasteiger partial charge in [-0.1, -0.05) is 103 Å². The third kappa shape index (κ3) is 3.62. The second-order valence-corrected chi connectivity index (χ2v) is 8.78. The fraction of sp³-hybridized carbons (Fsp3) is 0.0625. The molecular formula is C32H25N. The van der Waals surface area contributed by atoms with Gasteiger partial charge in [0.1, 0.15) is 0 Å². The minimum atomic E-state index is 0.932. The molecule has 1 heterocycles. The molecule has 1 nitrogen and oxygen atoms in total. The highest BCUT2D eigenvalue weighted by atomic mass is 15.0. The van der Waals surface area contributed by atoms with Gasteiger partial charge in [0.15, 0.2) is 0 Å². The van der Waals surface area contributed by atoms with Crippen LogP contribution < -0.4 is 0 Å². The first-order valence-corrected chi connectivity index (χ1v) is 11.5. The highest BCUT2D eigenvalue weighted by Crippen LogP contribution is 2.32. The Bertz CT molecular complexity index is 1500. The minimum absolute atomic E-state index is 0.932. The summed E-state index contributed by atoms with van der Waals surface area (Å²) >= 11 is 0. The molecule has 6 rings (SSSR count). The summed E-state index contributed by atoms with van der Waals surface area (Å²) in [6.45, 7) is 2.12. The van der Waals surface area contributed by atoms with E-state index in [0.717, 1.165) is 6.42 Å². The number of aromatic nitrogens is 1. The third-order valence-electron chi connectivity index (χ3n) is 6.52. The van der Waals surface area contributed by atoms with Crippen LogP contribution in [0.1, 0.15) is 16.7 Å². The van der Waals surface area contributed by atoms with Gasteiger partial charge >= 0.3 is 0 Å². The van der Waals surface area contributed by atoms with Gasteiger partial charge in [-0.05, 0) is 59.9 Å². The first-order chi connectivity index (χ1) is 16.3. The predicted octanol–water partition coefficient (Wildman–Crippen LogP) is 8.35. The molecule has 0 fully saturated rings. The van der Waals surface area contributed by atoms with Crippen LogP contribution in [0, 0.1) is 6.92 Å². The number of rotatable bonds is 4. The van der Waals surface area contributed by atoms with Crippen molar-refractivity contribution in [1.29, 1.82) is 0 Å². The Hall–Kier alpha value is -4.10. The Morgan fingerprint density at radius 2 is 0.939 bits per heavy atom. The molecule has 0 atom stereocenters. The van der Waals surface area contributed by atoms with E-state index in [2.05, 4.69) is 133 Å². The fourth-order valence-corrected chi connectivity index (χ4v) is 4.76. The molecule has 0 saturated heterocycles. The number of fused-ring (bicyclic) bond motifs is 3. The van der Waals surface area contributed by atoms with Crippen LogP contribution in [0.15, 0.2) is 121 Å². The lowest BCUT2D eigenvalue weighted by molar-refractivity contribution is 1.15. The maximum Gasteiger partial charge on any atom is 0.0541 e. The van der Waals surface area contributed by atoms with Crippen molar-refractivity contribution in [3.05, 3.63) is 138 Å². The summed E-state index contributed by atoms with van der Waals surface area (Å²) in [6, 6.07) is 44.0. The summed E-state index contributed by atoms with van der Waals surface area (Å²) < 4.78 is 2.37. The van der Waals surface area contributed by atoms with E-state index in [1.165, 1.54) is 55.3 Å². The fourth-order valence-electron chi connectivity index (χ4n) is 4.76. The molecular weight excluding hydrogens is 398 g/mol. The largest absolute Gasteiger partial charge is 0.309 e. The van der Waals surface area contributed by atoms with Crippen molar-refractivity contribution in [2.45, 2.75) is 13.3 Å². The molecule has 1 heteroatoms. The summed E-state index contributed by atoms with van der Waals surface area (Å²) in [5.41, 5.74) is 10.2. The van der Waals surface area contributed by atoms with Crippen LogP contribution in [0.3, 0.4) is 0 Å². The van der Waals surface area contributed by atoms with E-state index in [1.807, 2.05) is 0 Å². The summed E-state index contributed by atoms with van der Waals surface area (Å²) in [5.74, 6) is 0. The van der Waals surface area contributed by atoms with Crippen molar-refractivity contribution in [2.24, 2.45) is 0 Å². The number of aryl methyl sites for hydroxylation is 1. The van der Waals surface area contributed by atoms with E-state index >= 15 is 0 Å². The summed E-state index contributed by atoms with van der Waals surface area (Å²) in [5, 5.41) is 2.59. The molecule has 0 aliphatic carbocycles. The summed E-state index contributed by atoms with van der Waals surface area (Å²) in [4.78, 5) is 0. The van der Waals surface area contributed by atoms with Crippen molar-refractivity contribution in [3.8, 4) is 16.8 Å². The number of hydrogen-bond acceptors (Lipinski definition) is 0. The molecule has 0 amide bonds. The van der Waals surface area contributed by atoms with Crippen molar-refractivity contribution in [2.75, 3.05) is 0 Å². The number of benzene rings is 5. The van der Waals surface area contributed by atoms with Crippen molar-refractivity contribution >= 4 is 21.8 Å². The van der Waals surface area contributed by atoms with Gasteiger partial charge in [-0.2, -0.15) is 0 Å². The molecule has 0 radical (unpaired) electrons. The van der Waals surface area contributed by atoms with Gasteiger partial charge in [0.2, 0.25) is 0 Å². The van der Waals surface area contributed by atoms with E-state index in [4.69, 9.17) is 0 Å². The zero-order valence-corrected chi connectivity index (χ0v) is 18.7. The van der Waals surface area contributed by atoms with Gasteiger partial charge in [0.05, 0.1) is 11.0 Å². The maximum atomic E-state index is 2.37. The highest BCUT2D eigenvalue weighted by molar-refractivity contribution is 6.09. The molecule has 33 heavy (non-hydrogen) atoms. The zero-order chi connectivity index (χ0) is 22.2. The molecule has 0 bridgehead atoms. The molecule has 0 spiro atoms. The second-order valence-electron chi connectivity index (χ2n) is 8.78. The van der Waals surface area contributed by atoms with E-state index in [1.54, 1.807) is 0 Å². The highest BCUT2D eigenvalue weighted by Gasteiger charge is 2.11. The van der Waals surface area contributed by atoms with Crippen LogP contribution in [0.5, 0.6) is 0 Å². The molecule has 0 aliphatic rings. The van der Waals surface area contributed by atoms with Gasteiger partial charge in [-0.25, -0.2) is 0 Å².